The van der Waals surface area contributed by atoms with Gasteiger partial charge in [-0.2, -0.15) is 0 Å². The average molecular weight is 227 g/mol. The Morgan fingerprint density at radius 1 is 1.40 bits per heavy atom. The van der Waals surface area contributed by atoms with E-state index in [9.17, 15) is 4.79 Å². The predicted molar refractivity (Wildman–Crippen MR) is 62.9 cm³/mol. The van der Waals surface area contributed by atoms with Gasteiger partial charge in [-0.05, 0) is 38.1 Å². The second-order valence-electron chi connectivity index (χ2n) is 4.05. The van der Waals surface area contributed by atoms with Crippen molar-refractivity contribution in [2.75, 3.05) is 11.9 Å². The molecule has 0 saturated heterocycles. The van der Waals surface area contributed by atoms with Crippen molar-refractivity contribution < 1.29 is 4.79 Å². The second kappa shape index (κ2) is 4.64. The second-order valence-corrected chi connectivity index (χ2v) is 4.49. The Balaban J connectivity index is 2.71. The van der Waals surface area contributed by atoms with Gasteiger partial charge in [0.1, 0.15) is 0 Å². The molecule has 0 fully saturated rings. The lowest BCUT2D eigenvalue weighted by Crippen LogP contribution is -2.37. The van der Waals surface area contributed by atoms with Crippen molar-refractivity contribution >= 4 is 23.2 Å². The van der Waals surface area contributed by atoms with E-state index in [0.29, 0.717) is 11.6 Å². The van der Waals surface area contributed by atoms with Crippen LogP contribution in [0.3, 0.4) is 0 Å². The predicted octanol–water partition coefficient (Wildman–Crippen LogP) is 2.26. The van der Waals surface area contributed by atoms with E-state index >= 15 is 0 Å². The van der Waals surface area contributed by atoms with E-state index in [2.05, 4.69) is 5.32 Å². The van der Waals surface area contributed by atoms with Crippen LogP contribution in [0.2, 0.25) is 5.02 Å². The summed E-state index contributed by atoms with van der Waals surface area (Å²) < 4.78 is 0. The maximum Gasteiger partial charge on any atom is 0.231 e. The first-order chi connectivity index (χ1) is 6.95. The molecule has 0 aliphatic carbocycles. The summed E-state index contributed by atoms with van der Waals surface area (Å²) in [6.45, 7) is 3.92. The van der Waals surface area contributed by atoms with Gasteiger partial charge in [0, 0.05) is 17.3 Å². The molecular weight excluding hydrogens is 212 g/mol. The molecule has 15 heavy (non-hydrogen) atoms. The molecule has 1 aromatic rings. The van der Waals surface area contributed by atoms with E-state index in [1.807, 2.05) is 0 Å². The van der Waals surface area contributed by atoms with Crippen LogP contribution in [0.4, 0.5) is 5.69 Å². The topological polar surface area (TPSA) is 55.1 Å². The zero-order valence-electron chi connectivity index (χ0n) is 8.88. The van der Waals surface area contributed by atoms with Gasteiger partial charge in [0.05, 0.1) is 5.41 Å². The molecule has 0 aromatic heterocycles. The molecular formula is C11H15ClN2O. The summed E-state index contributed by atoms with van der Waals surface area (Å²) in [5, 5.41) is 3.43. The van der Waals surface area contributed by atoms with Gasteiger partial charge < -0.3 is 11.1 Å². The van der Waals surface area contributed by atoms with Crippen molar-refractivity contribution in [1.29, 1.82) is 0 Å². The monoisotopic (exact) mass is 226 g/mol. The van der Waals surface area contributed by atoms with Gasteiger partial charge in [-0.15, -0.1) is 0 Å². The molecule has 3 nitrogen and oxygen atoms in total. The van der Waals surface area contributed by atoms with Crippen molar-refractivity contribution in [2.24, 2.45) is 11.1 Å². The highest BCUT2D eigenvalue weighted by molar-refractivity contribution is 6.30. The molecule has 0 radical (unpaired) electrons. The van der Waals surface area contributed by atoms with Crippen LogP contribution in [0, 0.1) is 5.41 Å². The first-order valence-corrected chi connectivity index (χ1v) is 5.10. The van der Waals surface area contributed by atoms with Crippen LogP contribution in [0.25, 0.3) is 0 Å². The summed E-state index contributed by atoms with van der Waals surface area (Å²) in [6, 6.07) is 6.97. The summed E-state index contributed by atoms with van der Waals surface area (Å²) in [5.74, 6) is -0.0904. The Hall–Kier alpha value is -1.06. The van der Waals surface area contributed by atoms with E-state index in [1.54, 1.807) is 38.1 Å². The average Bonchev–Trinajstić information content (AvgIpc) is 2.21. The van der Waals surface area contributed by atoms with Gasteiger partial charge in [0.25, 0.3) is 0 Å². The molecule has 82 valence electrons. The number of amides is 1. The first kappa shape index (κ1) is 12.0. The molecule has 0 spiro atoms. The van der Waals surface area contributed by atoms with Gasteiger partial charge in [-0.25, -0.2) is 0 Å². The Bertz CT molecular complexity index is 346. The minimum atomic E-state index is -0.556. The Morgan fingerprint density at radius 3 is 2.40 bits per heavy atom. The third kappa shape index (κ3) is 3.22. The fourth-order valence-electron chi connectivity index (χ4n) is 0.926. The number of hydrogen-bond donors (Lipinski definition) is 2. The van der Waals surface area contributed by atoms with Gasteiger partial charge in [0.15, 0.2) is 0 Å². The molecule has 0 aliphatic rings. The number of anilines is 1. The van der Waals surface area contributed by atoms with Crippen molar-refractivity contribution in [3.05, 3.63) is 29.3 Å². The SMILES string of the molecule is CC(C)(CN)C(=O)Nc1ccc(Cl)cc1. The van der Waals surface area contributed by atoms with Gasteiger partial charge in [-0.1, -0.05) is 11.6 Å². The van der Waals surface area contributed by atoms with Crippen LogP contribution in [0.1, 0.15) is 13.8 Å². The number of hydrogen-bond acceptors (Lipinski definition) is 2. The van der Waals surface area contributed by atoms with Crippen molar-refractivity contribution in [3.63, 3.8) is 0 Å². The summed E-state index contributed by atoms with van der Waals surface area (Å²) in [4.78, 5) is 11.7. The van der Waals surface area contributed by atoms with Crippen LogP contribution in [-0.2, 0) is 4.79 Å². The zero-order valence-corrected chi connectivity index (χ0v) is 9.64. The lowest BCUT2D eigenvalue weighted by atomic mass is 9.92. The zero-order chi connectivity index (χ0) is 11.5. The highest BCUT2D eigenvalue weighted by Crippen LogP contribution is 2.18. The highest BCUT2D eigenvalue weighted by Gasteiger charge is 2.25. The van der Waals surface area contributed by atoms with E-state index in [1.165, 1.54) is 0 Å². The van der Waals surface area contributed by atoms with Crippen LogP contribution in [0.15, 0.2) is 24.3 Å². The molecule has 4 heteroatoms. The number of carbonyl (C=O) groups is 1. The number of halogens is 1. The fraction of sp³-hybridized carbons (Fsp3) is 0.364. The fourth-order valence-corrected chi connectivity index (χ4v) is 1.05. The van der Waals surface area contributed by atoms with E-state index in [-0.39, 0.29) is 5.91 Å². The lowest BCUT2D eigenvalue weighted by molar-refractivity contribution is -0.123. The molecule has 0 saturated carbocycles. The molecule has 0 aliphatic heterocycles. The van der Waals surface area contributed by atoms with Crippen LogP contribution in [-0.4, -0.2) is 12.5 Å². The van der Waals surface area contributed by atoms with Gasteiger partial charge in [0.2, 0.25) is 5.91 Å². The molecule has 0 bridgehead atoms. The number of benzene rings is 1. The minimum absolute atomic E-state index is 0.0904. The molecule has 3 N–H and O–H groups in total. The summed E-state index contributed by atoms with van der Waals surface area (Å²) >= 11 is 5.73. The maximum atomic E-state index is 11.7. The molecule has 1 aromatic carbocycles. The standard InChI is InChI=1S/C11H15ClN2O/c1-11(2,7-13)10(15)14-9-5-3-8(12)4-6-9/h3-6H,7,13H2,1-2H3,(H,14,15). The molecule has 0 heterocycles. The quantitative estimate of drug-likeness (QED) is 0.831. The van der Waals surface area contributed by atoms with Crippen LogP contribution < -0.4 is 11.1 Å². The number of nitrogens with two attached hydrogens (primary N) is 1. The minimum Gasteiger partial charge on any atom is -0.329 e. The third-order valence-electron chi connectivity index (χ3n) is 2.23. The third-order valence-corrected chi connectivity index (χ3v) is 2.48. The highest BCUT2D eigenvalue weighted by atomic mass is 35.5. The first-order valence-electron chi connectivity index (χ1n) is 4.73. The molecule has 0 unspecified atom stereocenters. The van der Waals surface area contributed by atoms with Crippen molar-refractivity contribution in [1.82, 2.24) is 0 Å². The summed E-state index contributed by atoms with van der Waals surface area (Å²) in [6.07, 6.45) is 0. The Kier molecular flexibility index (Phi) is 3.72. The van der Waals surface area contributed by atoms with Crippen molar-refractivity contribution in [2.45, 2.75) is 13.8 Å². The summed E-state index contributed by atoms with van der Waals surface area (Å²) in [5.41, 5.74) is 5.67. The molecule has 0 atom stereocenters. The number of nitrogens with one attached hydrogen (secondary N) is 1. The molecule has 1 rings (SSSR count). The lowest BCUT2D eigenvalue weighted by Gasteiger charge is -2.21. The normalized spacial score (nSPS) is 11.2. The van der Waals surface area contributed by atoms with Crippen LogP contribution >= 0.6 is 11.6 Å². The van der Waals surface area contributed by atoms with Crippen LogP contribution in [0.5, 0.6) is 0 Å². The Morgan fingerprint density at radius 2 is 1.93 bits per heavy atom. The van der Waals surface area contributed by atoms with E-state index in [0.717, 1.165) is 5.69 Å². The smallest absolute Gasteiger partial charge is 0.231 e. The van der Waals surface area contributed by atoms with Gasteiger partial charge in [-0.3, -0.25) is 4.79 Å². The largest absolute Gasteiger partial charge is 0.329 e. The number of carbonyl (C=O) groups excluding carboxylic acids is 1. The summed E-state index contributed by atoms with van der Waals surface area (Å²) in [7, 11) is 0. The maximum absolute atomic E-state index is 11.7. The van der Waals surface area contributed by atoms with E-state index in [4.69, 9.17) is 17.3 Å². The van der Waals surface area contributed by atoms with Gasteiger partial charge >= 0.3 is 0 Å². The van der Waals surface area contributed by atoms with E-state index < -0.39 is 5.41 Å². The molecule has 1 amide bonds. The van der Waals surface area contributed by atoms with Crippen molar-refractivity contribution in [3.8, 4) is 0 Å². The number of rotatable bonds is 3. The Labute approximate surface area is 94.6 Å².